The number of carboxylic acids is 1. The van der Waals surface area contributed by atoms with Gasteiger partial charge in [0.2, 0.25) is 0 Å². The Morgan fingerprint density at radius 3 is 2.76 bits per heavy atom. The highest BCUT2D eigenvalue weighted by molar-refractivity contribution is 7.99. The Labute approximate surface area is 222 Å². The number of fused-ring (bicyclic) bond motifs is 1. The SMILES string of the molecule is COc1cccc(SCCN2CC[C@@H](CC[C@@H](F)c3ccnc4ccc(OC)cc34)[C@@H](CC(=O)O)C2)c1. The Morgan fingerprint density at radius 1 is 1.16 bits per heavy atom. The molecular weight excluding hydrogens is 491 g/mol. The van der Waals surface area contributed by atoms with Crippen LogP contribution < -0.4 is 9.47 Å². The Morgan fingerprint density at radius 2 is 1.97 bits per heavy atom. The van der Waals surface area contributed by atoms with E-state index in [0.29, 0.717) is 24.2 Å². The van der Waals surface area contributed by atoms with Gasteiger partial charge in [-0.15, -0.1) is 11.8 Å². The van der Waals surface area contributed by atoms with Gasteiger partial charge in [-0.25, -0.2) is 4.39 Å². The van der Waals surface area contributed by atoms with E-state index < -0.39 is 12.1 Å². The Hall–Kier alpha value is -2.84. The molecule has 0 bridgehead atoms. The number of likely N-dealkylation sites (tertiary alicyclic amines) is 1. The molecule has 0 radical (unpaired) electrons. The fraction of sp³-hybridized carbons (Fsp3) is 0.448. The minimum atomic E-state index is -1.14. The molecule has 6 nitrogen and oxygen atoms in total. The monoisotopic (exact) mass is 526 g/mol. The number of hydrogen-bond donors (Lipinski definition) is 1. The first-order chi connectivity index (χ1) is 18.0. The standard InChI is InChI=1S/C29H35FN2O4S/c1-35-22-4-3-5-24(17-22)37-15-14-32-13-11-20(21(19-32)16-29(33)34)6-8-27(30)25-10-12-31-28-9-7-23(36-2)18-26(25)28/h3-5,7,9-10,12,17-18,20-21,27H,6,8,11,13-16,19H2,1-2H3,(H,33,34)/t20-,21+,27-/m1/s1. The maximum Gasteiger partial charge on any atom is 0.303 e. The summed E-state index contributed by atoms with van der Waals surface area (Å²) in [6.45, 7) is 2.54. The van der Waals surface area contributed by atoms with Crippen LogP contribution in [0.4, 0.5) is 4.39 Å². The summed E-state index contributed by atoms with van der Waals surface area (Å²) in [5, 5.41) is 10.3. The lowest BCUT2D eigenvalue weighted by Crippen LogP contribution is -2.42. The molecule has 0 saturated carbocycles. The summed E-state index contributed by atoms with van der Waals surface area (Å²) in [6, 6.07) is 15.3. The number of piperidine rings is 1. The first kappa shape index (κ1) is 27.2. The number of alkyl halides is 1. The van der Waals surface area contributed by atoms with Crippen LogP contribution in [-0.2, 0) is 4.79 Å². The summed E-state index contributed by atoms with van der Waals surface area (Å²) < 4.78 is 26.1. The molecule has 1 aliphatic heterocycles. The van der Waals surface area contributed by atoms with Crippen LogP contribution in [0.1, 0.15) is 37.4 Å². The smallest absolute Gasteiger partial charge is 0.303 e. The highest BCUT2D eigenvalue weighted by Crippen LogP contribution is 2.36. The third-order valence-electron chi connectivity index (χ3n) is 7.24. The van der Waals surface area contributed by atoms with Crippen molar-refractivity contribution in [2.24, 2.45) is 11.8 Å². The van der Waals surface area contributed by atoms with Crippen molar-refractivity contribution >= 4 is 28.6 Å². The molecule has 2 heterocycles. The van der Waals surface area contributed by atoms with Gasteiger partial charge in [0.25, 0.3) is 0 Å². The zero-order chi connectivity index (χ0) is 26.2. The van der Waals surface area contributed by atoms with Gasteiger partial charge in [0.1, 0.15) is 17.7 Å². The van der Waals surface area contributed by atoms with E-state index in [2.05, 4.69) is 16.0 Å². The number of halogens is 1. The van der Waals surface area contributed by atoms with E-state index >= 15 is 4.39 Å². The highest BCUT2D eigenvalue weighted by atomic mass is 32.2. The Balaban J connectivity index is 1.34. The predicted octanol–water partition coefficient (Wildman–Crippen LogP) is 6.25. The van der Waals surface area contributed by atoms with Crippen molar-refractivity contribution in [3.05, 3.63) is 60.3 Å². The van der Waals surface area contributed by atoms with Gasteiger partial charge < -0.3 is 19.5 Å². The second-order valence-corrected chi connectivity index (χ2v) is 10.7. The second kappa shape index (κ2) is 13.1. The Kier molecular flexibility index (Phi) is 9.63. The summed E-state index contributed by atoms with van der Waals surface area (Å²) in [4.78, 5) is 19.5. The molecule has 3 atom stereocenters. The van der Waals surface area contributed by atoms with Crippen LogP contribution in [-0.4, -0.2) is 60.6 Å². The van der Waals surface area contributed by atoms with Crippen molar-refractivity contribution in [3.8, 4) is 11.5 Å². The fourth-order valence-corrected chi connectivity index (χ4v) is 6.20. The molecule has 1 aromatic heterocycles. The number of nitrogens with zero attached hydrogens (tertiary/aromatic N) is 2. The summed E-state index contributed by atoms with van der Waals surface area (Å²) in [5.74, 6) is 1.87. The van der Waals surface area contributed by atoms with Crippen molar-refractivity contribution in [2.75, 3.05) is 39.6 Å². The number of pyridine rings is 1. The molecule has 0 amide bonds. The fourth-order valence-electron chi connectivity index (χ4n) is 5.24. The van der Waals surface area contributed by atoms with E-state index in [1.807, 2.05) is 36.4 Å². The third kappa shape index (κ3) is 7.36. The van der Waals surface area contributed by atoms with Crippen LogP contribution in [0.3, 0.4) is 0 Å². The van der Waals surface area contributed by atoms with Crippen molar-refractivity contribution in [1.29, 1.82) is 0 Å². The van der Waals surface area contributed by atoms with E-state index in [-0.39, 0.29) is 18.3 Å². The molecule has 4 rings (SSSR count). The van der Waals surface area contributed by atoms with Gasteiger partial charge >= 0.3 is 5.97 Å². The topological polar surface area (TPSA) is 71.9 Å². The molecule has 1 aliphatic rings. The van der Waals surface area contributed by atoms with Crippen molar-refractivity contribution in [3.63, 3.8) is 0 Å². The third-order valence-corrected chi connectivity index (χ3v) is 8.21. The molecule has 1 fully saturated rings. The number of benzene rings is 2. The number of carbonyl (C=O) groups is 1. The van der Waals surface area contributed by atoms with Gasteiger partial charge in [-0.1, -0.05) is 6.07 Å². The summed E-state index contributed by atoms with van der Waals surface area (Å²) in [7, 11) is 3.26. The predicted molar refractivity (Wildman–Crippen MR) is 145 cm³/mol. The lowest BCUT2D eigenvalue weighted by Gasteiger charge is -2.38. The van der Waals surface area contributed by atoms with Crippen LogP contribution in [0.25, 0.3) is 10.9 Å². The molecular formula is C29H35FN2O4S. The number of aliphatic carboxylic acids is 1. The lowest BCUT2D eigenvalue weighted by atomic mass is 9.79. The summed E-state index contributed by atoms with van der Waals surface area (Å²) in [5.41, 5.74) is 1.36. The van der Waals surface area contributed by atoms with Gasteiger partial charge in [-0.2, -0.15) is 0 Å². The number of aromatic nitrogens is 1. The average Bonchev–Trinajstić information content (AvgIpc) is 2.91. The molecule has 0 aliphatic carbocycles. The van der Waals surface area contributed by atoms with Gasteiger partial charge in [0.05, 0.1) is 19.7 Å². The molecule has 37 heavy (non-hydrogen) atoms. The normalized spacial score (nSPS) is 19.0. The lowest BCUT2D eigenvalue weighted by molar-refractivity contribution is -0.139. The molecule has 2 aromatic carbocycles. The first-order valence-electron chi connectivity index (χ1n) is 12.7. The van der Waals surface area contributed by atoms with E-state index in [1.165, 1.54) is 0 Å². The molecule has 1 N–H and O–H groups in total. The number of carboxylic acid groups (broad SMARTS) is 1. The largest absolute Gasteiger partial charge is 0.497 e. The van der Waals surface area contributed by atoms with Gasteiger partial charge in [0.15, 0.2) is 0 Å². The van der Waals surface area contributed by atoms with E-state index in [1.54, 1.807) is 38.2 Å². The number of rotatable bonds is 12. The van der Waals surface area contributed by atoms with Crippen molar-refractivity contribution < 1.29 is 23.8 Å². The maximum absolute atomic E-state index is 15.5. The molecule has 1 saturated heterocycles. The van der Waals surface area contributed by atoms with Crippen molar-refractivity contribution in [1.82, 2.24) is 9.88 Å². The van der Waals surface area contributed by atoms with Crippen LogP contribution in [0.15, 0.2) is 59.6 Å². The quantitative estimate of drug-likeness (QED) is 0.280. The summed E-state index contributed by atoms with van der Waals surface area (Å²) in [6.07, 6.45) is 2.55. The number of methoxy groups -OCH3 is 2. The van der Waals surface area contributed by atoms with Crippen molar-refractivity contribution in [2.45, 2.75) is 36.8 Å². The molecule has 198 valence electrons. The number of ether oxygens (including phenoxy) is 2. The zero-order valence-corrected chi connectivity index (χ0v) is 22.3. The minimum absolute atomic E-state index is 0.0227. The van der Waals surface area contributed by atoms with E-state index in [0.717, 1.165) is 53.4 Å². The Bertz CT molecular complexity index is 1190. The second-order valence-electron chi connectivity index (χ2n) is 9.56. The minimum Gasteiger partial charge on any atom is -0.497 e. The van der Waals surface area contributed by atoms with Crippen LogP contribution in [0.5, 0.6) is 11.5 Å². The number of thioether (sulfide) groups is 1. The van der Waals surface area contributed by atoms with Gasteiger partial charge in [0, 0.05) is 41.7 Å². The van der Waals surface area contributed by atoms with Gasteiger partial charge in [-0.05, 0) is 85.7 Å². The van der Waals surface area contributed by atoms with Crippen LogP contribution in [0, 0.1) is 11.8 Å². The van der Waals surface area contributed by atoms with E-state index in [9.17, 15) is 9.90 Å². The average molecular weight is 527 g/mol. The first-order valence-corrected chi connectivity index (χ1v) is 13.7. The molecule has 3 aromatic rings. The molecule has 8 heteroatoms. The van der Waals surface area contributed by atoms with E-state index in [4.69, 9.17) is 9.47 Å². The summed E-state index contributed by atoms with van der Waals surface area (Å²) >= 11 is 1.77. The maximum atomic E-state index is 15.5. The van der Waals surface area contributed by atoms with Gasteiger partial charge in [-0.3, -0.25) is 9.78 Å². The van der Waals surface area contributed by atoms with Crippen LogP contribution in [0.2, 0.25) is 0 Å². The molecule has 0 unspecified atom stereocenters. The molecule has 0 spiro atoms. The number of hydrogen-bond acceptors (Lipinski definition) is 6. The zero-order valence-electron chi connectivity index (χ0n) is 21.4. The van der Waals surface area contributed by atoms with Crippen LogP contribution >= 0.6 is 11.8 Å². The highest BCUT2D eigenvalue weighted by Gasteiger charge is 2.31.